The van der Waals surface area contributed by atoms with E-state index in [1.165, 1.54) is 11.3 Å². The molecule has 0 unspecified atom stereocenters. The second kappa shape index (κ2) is 10.2. The van der Waals surface area contributed by atoms with Gasteiger partial charge in [-0.05, 0) is 55.0 Å². The van der Waals surface area contributed by atoms with Crippen LogP contribution in [0.4, 0.5) is 11.4 Å². The molecule has 1 saturated heterocycles. The minimum absolute atomic E-state index is 0.0218. The molecule has 0 aromatic heterocycles. The molecule has 1 amide bonds. The fraction of sp³-hybridized carbons (Fsp3) is 0.240. The molecule has 3 aromatic rings. The van der Waals surface area contributed by atoms with Gasteiger partial charge in [-0.1, -0.05) is 53.7 Å². The minimum Gasteiger partial charge on any atom is -0.369 e. The molecule has 160 valence electrons. The van der Waals surface area contributed by atoms with Gasteiger partial charge in [-0.3, -0.25) is 9.69 Å². The Bertz CT molecular complexity index is 1030. The summed E-state index contributed by atoms with van der Waals surface area (Å²) in [6.45, 7) is 6.17. The third-order valence-corrected chi connectivity index (χ3v) is 6.73. The summed E-state index contributed by atoms with van der Waals surface area (Å²) in [5.41, 5.74) is 3.43. The standard InChI is InChI=1S/C25H26ClN3OS/c1-19-6-2-4-8-23(19)29-16-14-28(15-17-29)18-25(30)27-22-7-3-5-9-24(22)31-21-12-10-20(26)11-13-21/h2-13H,14-18H2,1H3,(H,27,30). The van der Waals surface area contributed by atoms with Crippen LogP contribution in [0, 0.1) is 6.92 Å². The van der Waals surface area contributed by atoms with Crippen molar-refractivity contribution in [3.8, 4) is 0 Å². The van der Waals surface area contributed by atoms with Gasteiger partial charge >= 0.3 is 0 Å². The summed E-state index contributed by atoms with van der Waals surface area (Å²) in [6.07, 6.45) is 0. The molecule has 3 aromatic carbocycles. The number of carbonyl (C=O) groups excluding carboxylic acids is 1. The van der Waals surface area contributed by atoms with Crippen LogP contribution >= 0.6 is 23.4 Å². The maximum Gasteiger partial charge on any atom is 0.238 e. The first-order valence-electron chi connectivity index (χ1n) is 10.4. The smallest absolute Gasteiger partial charge is 0.238 e. The number of nitrogens with one attached hydrogen (secondary N) is 1. The lowest BCUT2D eigenvalue weighted by Crippen LogP contribution is -2.48. The van der Waals surface area contributed by atoms with Gasteiger partial charge in [0.05, 0.1) is 12.2 Å². The monoisotopic (exact) mass is 451 g/mol. The van der Waals surface area contributed by atoms with E-state index < -0.39 is 0 Å². The van der Waals surface area contributed by atoms with Crippen molar-refractivity contribution in [3.63, 3.8) is 0 Å². The molecule has 0 aliphatic carbocycles. The normalized spacial score (nSPS) is 14.5. The Morgan fingerprint density at radius 2 is 1.61 bits per heavy atom. The van der Waals surface area contributed by atoms with Crippen molar-refractivity contribution in [2.75, 3.05) is 42.9 Å². The van der Waals surface area contributed by atoms with Gasteiger partial charge in [-0.25, -0.2) is 0 Å². The predicted octanol–water partition coefficient (Wildman–Crippen LogP) is 5.56. The van der Waals surface area contributed by atoms with Crippen LogP contribution in [0.3, 0.4) is 0 Å². The number of hydrogen-bond acceptors (Lipinski definition) is 4. The van der Waals surface area contributed by atoms with Gasteiger partial charge in [-0.2, -0.15) is 0 Å². The Kier molecular flexibility index (Phi) is 7.17. The summed E-state index contributed by atoms with van der Waals surface area (Å²) in [5, 5.41) is 3.82. The molecule has 1 aliphatic heterocycles. The molecule has 0 bridgehead atoms. The number of halogens is 1. The average Bonchev–Trinajstić information content (AvgIpc) is 2.78. The van der Waals surface area contributed by atoms with E-state index in [1.54, 1.807) is 11.8 Å². The molecule has 0 radical (unpaired) electrons. The van der Waals surface area contributed by atoms with Gasteiger partial charge in [0, 0.05) is 46.7 Å². The Hall–Kier alpha value is -2.47. The Balaban J connectivity index is 1.32. The number of rotatable bonds is 6. The predicted molar refractivity (Wildman–Crippen MR) is 130 cm³/mol. The van der Waals surface area contributed by atoms with E-state index in [0.29, 0.717) is 11.6 Å². The summed E-state index contributed by atoms with van der Waals surface area (Å²) in [4.78, 5) is 19.5. The molecule has 6 heteroatoms. The highest BCUT2D eigenvalue weighted by Gasteiger charge is 2.20. The molecule has 1 aliphatic rings. The van der Waals surface area contributed by atoms with E-state index in [-0.39, 0.29) is 5.91 Å². The van der Waals surface area contributed by atoms with Gasteiger partial charge in [0.1, 0.15) is 0 Å². The van der Waals surface area contributed by atoms with Gasteiger partial charge < -0.3 is 10.2 Å². The van der Waals surface area contributed by atoms with Crippen LogP contribution in [-0.4, -0.2) is 43.5 Å². The largest absolute Gasteiger partial charge is 0.369 e. The first kappa shape index (κ1) is 21.8. The lowest BCUT2D eigenvalue weighted by atomic mass is 10.1. The van der Waals surface area contributed by atoms with Gasteiger partial charge in [0.15, 0.2) is 0 Å². The van der Waals surface area contributed by atoms with Crippen molar-refractivity contribution < 1.29 is 4.79 Å². The van der Waals surface area contributed by atoms with Gasteiger partial charge in [0.25, 0.3) is 0 Å². The molecule has 1 heterocycles. The zero-order valence-corrected chi connectivity index (χ0v) is 19.1. The second-order valence-corrected chi connectivity index (χ2v) is 9.20. The first-order valence-corrected chi connectivity index (χ1v) is 11.6. The van der Waals surface area contributed by atoms with Crippen molar-refractivity contribution in [2.45, 2.75) is 16.7 Å². The van der Waals surface area contributed by atoms with Crippen LogP contribution in [0.15, 0.2) is 82.6 Å². The molecule has 0 spiro atoms. The summed E-state index contributed by atoms with van der Waals surface area (Å²) >= 11 is 7.60. The van der Waals surface area contributed by atoms with Crippen LogP contribution in [-0.2, 0) is 4.79 Å². The summed E-state index contributed by atoms with van der Waals surface area (Å²) < 4.78 is 0. The maximum absolute atomic E-state index is 12.7. The van der Waals surface area contributed by atoms with E-state index in [1.807, 2.05) is 48.5 Å². The van der Waals surface area contributed by atoms with Crippen LogP contribution in [0.2, 0.25) is 5.02 Å². The number of anilines is 2. The number of nitrogens with zero attached hydrogens (tertiary/aromatic N) is 2. The number of amides is 1. The van der Waals surface area contributed by atoms with E-state index in [4.69, 9.17) is 11.6 Å². The lowest BCUT2D eigenvalue weighted by molar-refractivity contribution is -0.117. The first-order chi connectivity index (χ1) is 15.1. The minimum atomic E-state index is 0.0218. The van der Waals surface area contributed by atoms with Crippen LogP contribution in [0.1, 0.15) is 5.56 Å². The highest BCUT2D eigenvalue weighted by atomic mass is 35.5. The van der Waals surface area contributed by atoms with Crippen LogP contribution < -0.4 is 10.2 Å². The topological polar surface area (TPSA) is 35.6 Å². The zero-order chi connectivity index (χ0) is 21.6. The fourth-order valence-corrected chi connectivity index (χ4v) is 4.77. The number of benzene rings is 3. The molecule has 1 fully saturated rings. The number of piperazine rings is 1. The molecule has 0 atom stereocenters. The molecule has 0 saturated carbocycles. The average molecular weight is 452 g/mol. The Morgan fingerprint density at radius 1 is 0.935 bits per heavy atom. The quantitative estimate of drug-likeness (QED) is 0.532. The van der Waals surface area contributed by atoms with Crippen LogP contribution in [0.25, 0.3) is 0 Å². The highest BCUT2D eigenvalue weighted by molar-refractivity contribution is 7.99. The Labute approximate surface area is 193 Å². The number of carbonyl (C=O) groups is 1. The van der Waals surface area contributed by atoms with E-state index in [9.17, 15) is 4.79 Å². The van der Waals surface area contributed by atoms with Gasteiger partial charge in [0.2, 0.25) is 5.91 Å². The van der Waals surface area contributed by atoms with Crippen molar-refractivity contribution in [2.24, 2.45) is 0 Å². The summed E-state index contributed by atoms with van der Waals surface area (Å²) in [6, 6.07) is 24.1. The number of aryl methyl sites for hydroxylation is 1. The maximum atomic E-state index is 12.7. The third kappa shape index (κ3) is 5.82. The molecular formula is C25H26ClN3OS. The van der Waals surface area contributed by atoms with Gasteiger partial charge in [-0.15, -0.1) is 0 Å². The summed E-state index contributed by atoms with van der Waals surface area (Å²) in [7, 11) is 0. The van der Waals surface area contributed by atoms with Crippen molar-refractivity contribution >= 4 is 40.6 Å². The summed E-state index contributed by atoms with van der Waals surface area (Å²) in [5.74, 6) is 0.0218. The zero-order valence-electron chi connectivity index (χ0n) is 17.6. The van der Waals surface area contributed by atoms with Crippen molar-refractivity contribution in [3.05, 3.63) is 83.4 Å². The van der Waals surface area contributed by atoms with Crippen LogP contribution in [0.5, 0.6) is 0 Å². The van der Waals surface area contributed by atoms with Crippen molar-refractivity contribution in [1.29, 1.82) is 0 Å². The van der Waals surface area contributed by atoms with E-state index in [0.717, 1.165) is 41.7 Å². The third-order valence-electron chi connectivity index (χ3n) is 5.40. The van der Waals surface area contributed by atoms with E-state index in [2.05, 4.69) is 46.3 Å². The molecule has 4 nitrogen and oxygen atoms in total. The molecule has 1 N–H and O–H groups in total. The fourth-order valence-electron chi connectivity index (χ4n) is 3.75. The second-order valence-electron chi connectivity index (χ2n) is 7.65. The highest BCUT2D eigenvalue weighted by Crippen LogP contribution is 2.34. The number of hydrogen-bond donors (Lipinski definition) is 1. The van der Waals surface area contributed by atoms with Crippen molar-refractivity contribution in [1.82, 2.24) is 4.90 Å². The van der Waals surface area contributed by atoms with E-state index >= 15 is 0 Å². The number of para-hydroxylation sites is 2. The Morgan fingerprint density at radius 3 is 2.35 bits per heavy atom. The molecule has 31 heavy (non-hydrogen) atoms. The lowest BCUT2D eigenvalue weighted by Gasteiger charge is -2.36. The SMILES string of the molecule is Cc1ccccc1N1CCN(CC(=O)Nc2ccccc2Sc2ccc(Cl)cc2)CC1. The molecular weight excluding hydrogens is 426 g/mol. The molecule has 4 rings (SSSR count).